The Balaban J connectivity index is 2.79. The Bertz CT molecular complexity index is 464. The van der Waals surface area contributed by atoms with Crippen LogP contribution >= 0.6 is 11.6 Å². The molecule has 0 aliphatic carbocycles. The van der Waals surface area contributed by atoms with Crippen molar-refractivity contribution in [3.8, 4) is 0 Å². The van der Waals surface area contributed by atoms with Gasteiger partial charge in [0.25, 0.3) is 0 Å². The third-order valence-electron chi connectivity index (χ3n) is 2.69. The third-order valence-corrected chi connectivity index (χ3v) is 3.02. The van der Waals surface area contributed by atoms with Crippen molar-refractivity contribution in [2.45, 2.75) is 25.6 Å². The summed E-state index contributed by atoms with van der Waals surface area (Å²) in [6.45, 7) is 1.59. The molecular formula is C13H16ClNO4. The molecular weight excluding hydrogens is 270 g/mol. The number of amides is 1. The zero-order valence-corrected chi connectivity index (χ0v) is 11.2. The molecule has 0 heterocycles. The van der Waals surface area contributed by atoms with Crippen LogP contribution in [0, 0.1) is 0 Å². The van der Waals surface area contributed by atoms with Crippen molar-refractivity contribution in [1.82, 2.24) is 5.32 Å². The van der Waals surface area contributed by atoms with Gasteiger partial charge in [-0.25, -0.2) is 0 Å². The normalized spacial score (nSPS) is 13.7. The van der Waals surface area contributed by atoms with E-state index in [0.29, 0.717) is 6.29 Å². The van der Waals surface area contributed by atoms with E-state index in [2.05, 4.69) is 5.32 Å². The van der Waals surface area contributed by atoms with Crippen LogP contribution in [-0.4, -0.2) is 35.1 Å². The molecule has 1 rings (SSSR count). The Hall–Kier alpha value is -1.43. The van der Waals surface area contributed by atoms with Crippen LogP contribution in [0.15, 0.2) is 18.2 Å². The molecule has 19 heavy (non-hydrogen) atoms. The lowest BCUT2D eigenvalue weighted by atomic mass is 9.97. The predicted molar refractivity (Wildman–Crippen MR) is 71.1 cm³/mol. The predicted octanol–water partition coefficient (Wildman–Crippen LogP) is 1.07. The van der Waals surface area contributed by atoms with Gasteiger partial charge in [0.05, 0.1) is 6.10 Å². The quantitative estimate of drug-likeness (QED) is 0.683. The van der Waals surface area contributed by atoms with Crippen LogP contribution in [0.3, 0.4) is 0 Å². The highest BCUT2D eigenvalue weighted by molar-refractivity contribution is 6.31. The summed E-state index contributed by atoms with van der Waals surface area (Å²) in [5.41, 5.74) is 0.438. The van der Waals surface area contributed by atoms with E-state index in [1.807, 2.05) is 0 Å². The van der Waals surface area contributed by atoms with E-state index in [0.717, 1.165) is 0 Å². The molecule has 2 unspecified atom stereocenters. The van der Waals surface area contributed by atoms with Crippen molar-refractivity contribution in [3.05, 3.63) is 34.3 Å². The summed E-state index contributed by atoms with van der Waals surface area (Å²) < 4.78 is 0. The molecule has 0 aliphatic heterocycles. The molecule has 0 aromatic heterocycles. The molecule has 0 bridgehead atoms. The fourth-order valence-corrected chi connectivity index (χ4v) is 2.01. The van der Waals surface area contributed by atoms with Gasteiger partial charge in [0, 0.05) is 29.6 Å². The van der Waals surface area contributed by atoms with E-state index in [9.17, 15) is 19.8 Å². The van der Waals surface area contributed by atoms with Crippen molar-refractivity contribution in [3.63, 3.8) is 0 Å². The molecule has 0 spiro atoms. The average molecular weight is 286 g/mol. The fourth-order valence-electron chi connectivity index (χ4n) is 1.71. The summed E-state index contributed by atoms with van der Waals surface area (Å²) in [5, 5.41) is 22.6. The number of aldehydes is 1. The lowest BCUT2D eigenvalue weighted by Gasteiger charge is -2.20. The molecule has 6 heteroatoms. The molecule has 3 N–H and O–H groups in total. The molecule has 0 fully saturated rings. The molecule has 1 amide bonds. The Morgan fingerprint density at radius 3 is 2.74 bits per heavy atom. The number of benzene rings is 1. The number of aliphatic hydroxyl groups excluding tert-OH is 2. The summed E-state index contributed by atoms with van der Waals surface area (Å²) in [5.74, 6) is -0.215. The van der Waals surface area contributed by atoms with Gasteiger partial charge in [-0.2, -0.15) is 0 Å². The number of hydrogen-bond acceptors (Lipinski definition) is 4. The zero-order valence-electron chi connectivity index (χ0n) is 10.5. The minimum Gasteiger partial charge on any atom is -0.390 e. The van der Waals surface area contributed by atoms with E-state index in [4.69, 9.17) is 11.6 Å². The number of aliphatic hydroxyl groups is 2. The van der Waals surface area contributed by atoms with Crippen molar-refractivity contribution in [2.75, 3.05) is 6.54 Å². The van der Waals surface area contributed by atoms with E-state index in [1.165, 1.54) is 19.1 Å². The van der Waals surface area contributed by atoms with Gasteiger partial charge in [-0.05, 0) is 12.5 Å². The van der Waals surface area contributed by atoms with Gasteiger partial charge in [0.15, 0.2) is 0 Å². The van der Waals surface area contributed by atoms with E-state index in [-0.39, 0.29) is 35.0 Å². The number of carbonyl (C=O) groups excluding carboxylic acids is 2. The van der Waals surface area contributed by atoms with Crippen molar-refractivity contribution in [1.29, 1.82) is 0 Å². The van der Waals surface area contributed by atoms with Crippen LogP contribution in [0.2, 0.25) is 5.02 Å². The molecule has 0 radical (unpaired) electrons. The van der Waals surface area contributed by atoms with Crippen LogP contribution < -0.4 is 5.32 Å². The minimum atomic E-state index is -1.28. The van der Waals surface area contributed by atoms with Crippen molar-refractivity contribution in [2.24, 2.45) is 0 Å². The van der Waals surface area contributed by atoms with Gasteiger partial charge in [-0.15, -0.1) is 0 Å². The van der Waals surface area contributed by atoms with Gasteiger partial charge in [0.1, 0.15) is 12.4 Å². The highest BCUT2D eigenvalue weighted by atomic mass is 35.5. The van der Waals surface area contributed by atoms with Gasteiger partial charge in [-0.1, -0.05) is 23.7 Å². The first-order chi connectivity index (χ1) is 8.97. The summed E-state index contributed by atoms with van der Waals surface area (Å²) >= 11 is 5.93. The van der Waals surface area contributed by atoms with Gasteiger partial charge < -0.3 is 15.5 Å². The number of halogens is 1. The highest BCUT2D eigenvalue weighted by Crippen LogP contribution is 2.28. The standard InChI is InChI=1S/C13H16ClNO4/c1-8(17)15-6-5-11(18)13(19)12-9(7-16)3-2-4-10(12)14/h2-4,7,11,13,18-19H,5-6H2,1H3,(H,15,17). The molecule has 1 aromatic rings. The lowest BCUT2D eigenvalue weighted by Crippen LogP contribution is -2.28. The number of carbonyl (C=O) groups is 2. The Kier molecular flexibility index (Phi) is 5.95. The first-order valence-corrected chi connectivity index (χ1v) is 6.19. The maximum absolute atomic E-state index is 10.9. The summed E-state index contributed by atoms with van der Waals surface area (Å²) in [6, 6.07) is 4.64. The molecule has 0 saturated heterocycles. The molecule has 1 aromatic carbocycles. The van der Waals surface area contributed by atoms with Gasteiger partial charge >= 0.3 is 0 Å². The fraction of sp³-hybridized carbons (Fsp3) is 0.385. The Morgan fingerprint density at radius 1 is 1.47 bits per heavy atom. The second-order valence-corrected chi connectivity index (χ2v) is 4.55. The van der Waals surface area contributed by atoms with E-state index < -0.39 is 12.2 Å². The third kappa shape index (κ3) is 4.31. The largest absolute Gasteiger partial charge is 0.390 e. The number of hydrogen-bond donors (Lipinski definition) is 3. The highest BCUT2D eigenvalue weighted by Gasteiger charge is 2.23. The second-order valence-electron chi connectivity index (χ2n) is 4.14. The number of nitrogens with one attached hydrogen (secondary N) is 1. The Morgan fingerprint density at radius 2 is 2.16 bits per heavy atom. The van der Waals surface area contributed by atoms with Gasteiger partial charge in [0.2, 0.25) is 5.91 Å². The monoisotopic (exact) mass is 285 g/mol. The smallest absolute Gasteiger partial charge is 0.216 e. The summed E-state index contributed by atoms with van der Waals surface area (Å²) in [4.78, 5) is 21.6. The SMILES string of the molecule is CC(=O)NCCC(O)C(O)c1c(Cl)cccc1C=O. The van der Waals surface area contributed by atoms with Crippen LogP contribution in [0.1, 0.15) is 35.4 Å². The maximum Gasteiger partial charge on any atom is 0.216 e. The van der Waals surface area contributed by atoms with Crippen LogP contribution in [0.4, 0.5) is 0 Å². The first kappa shape index (κ1) is 15.6. The minimum absolute atomic E-state index is 0.157. The molecule has 2 atom stereocenters. The maximum atomic E-state index is 10.9. The number of rotatable bonds is 6. The lowest BCUT2D eigenvalue weighted by molar-refractivity contribution is -0.119. The topological polar surface area (TPSA) is 86.6 Å². The van der Waals surface area contributed by atoms with Gasteiger partial charge in [-0.3, -0.25) is 9.59 Å². The van der Waals surface area contributed by atoms with Crippen molar-refractivity contribution >= 4 is 23.8 Å². The molecule has 5 nitrogen and oxygen atoms in total. The summed E-state index contributed by atoms with van der Waals surface area (Å²) in [6.07, 6.45) is -1.66. The first-order valence-electron chi connectivity index (χ1n) is 5.81. The Labute approximate surface area is 116 Å². The zero-order chi connectivity index (χ0) is 14.4. The van der Waals surface area contributed by atoms with Crippen LogP contribution in [0.25, 0.3) is 0 Å². The molecule has 0 saturated carbocycles. The molecule has 0 aliphatic rings. The van der Waals surface area contributed by atoms with E-state index >= 15 is 0 Å². The summed E-state index contributed by atoms with van der Waals surface area (Å²) in [7, 11) is 0. The van der Waals surface area contributed by atoms with Crippen molar-refractivity contribution < 1.29 is 19.8 Å². The van der Waals surface area contributed by atoms with Crippen LogP contribution in [0.5, 0.6) is 0 Å². The molecule has 104 valence electrons. The second kappa shape index (κ2) is 7.23. The van der Waals surface area contributed by atoms with E-state index in [1.54, 1.807) is 6.07 Å². The van der Waals surface area contributed by atoms with Crippen LogP contribution in [-0.2, 0) is 4.79 Å². The average Bonchev–Trinajstić information content (AvgIpc) is 2.37.